The van der Waals surface area contributed by atoms with Crippen molar-refractivity contribution in [3.8, 4) is 5.75 Å². The molecular weight excluding hydrogens is 562 g/mol. The standard InChI is InChI=1S/C26H24ClN5O5S2/c1-26(2,3)37-25(36)31-24-28-16(11-38-24)21(34)30-23-29-17(12-39-23)22(35)32-10-13(9-27)20-15-7-5-4-6-14(15)19(33)8-18(20)32/h4-8,11-13,33H,9-10H2,1-3H3,(H,28,31,36)(H,29,30,34)/t13-/m1/s1. The maximum absolute atomic E-state index is 13.5. The number of nitrogens with one attached hydrogen (secondary N) is 2. The molecular formula is C26H24ClN5O5S2. The molecule has 0 radical (unpaired) electrons. The number of hydrogen-bond acceptors (Lipinski definition) is 9. The van der Waals surface area contributed by atoms with Crippen LogP contribution < -0.4 is 15.5 Å². The summed E-state index contributed by atoms with van der Waals surface area (Å²) in [5.74, 6) is -0.633. The minimum absolute atomic E-state index is 0.0763. The first-order valence-corrected chi connectivity index (χ1v) is 14.2. The highest BCUT2D eigenvalue weighted by atomic mass is 35.5. The van der Waals surface area contributed by atoms with Gasteiger partial charge in [-0.05, 0) is 31.7 Å². The number of nitrogens with zero attached hydrogens (tertiary/aromatic N) is 3. The van der Waals surface area contributed by atoms with E-state index in [1.807, 2.05) is 24.3 Å². The van der Waals surface area contributed by atoms with Gasteiger partial charge in [-0.25, -0.2) is 14.8 Å². The molecule has 4 aromatic rings. The summed E-state index contributed by atoms with van der Waals surface area (Å²) in [5.41, 5.74) is 1.06. The maximum Gasteiger partial charge on any atom is 0.413 e. The predicted octanol–water partition coefficient (Wildman–Crippen LogP) is 6.04. The molecule has 0 fully saturated rings. The zero-order valence-electron chi connectivity index (χ0n) is 21.1. The van der Waals surface area contributed by atoms with Crippen LogP contribution in [0.15, 0.2) is 41.1 Å². The molecule has 10 nitrogen and oxygen atoms in total. The smallest absolute Gasteiger partial charge is 0.413 e. The van der Waals surface area contributed by atoms with Crippen molar-refractivity contribution in [2.24, 2.45) is 0 Å². The first-order valence-electron chi connectivity index (χ1n) is 11.9. The van der Waals surface area contributed by atoms with Gasteiger partial charge in [0.05, 0.1) is 5.69 Å². The van der Waals surface area contributed by atoms with Gasteiger partial charge in [-0.1, -0.05) is 24.3 Å². The number of phenols is 1. The molecule has 39 heavy (non-hydrogen) atoms. The molecule has 1 aliphatic rings. The highest BCUT2D eigenvalue weighted by molar-refractivity contribution is 7.14. The second-order valence-corrected chi connectivity index (χ2v) is 11.8. The summed E-state index contributed by atoms with van der Waals surface area (Å²) in [6, 6.07) is 9.05. The van der Waals surface area contributed by atoms with E-state index in [9.17, 15) is 19.5 Å². The Morgan fingerprint density at radius 2 is 1.72 bits per heavy atom. The molecule has 0 saturated heterocycles. The molecule has 1 atom stereocenters. The van der Waals surface area contributed by atoms with Gasteiger partial charge in [0, 0.05) is 40.6 Å². The van der Waals surface area contributed by atoms with Crippen LogP contribution in [0.5, 0.6) is 5.75 Å². The van der Waals surface area contributed by atoms with Crippen LogP contribution in [0.2, 0.25) is 0 Å². The molecule has 2 aromatic carbocycles. The van der Waals surface area contributed by atoms with E-state index in [1.165, 1.54) is 5.38 Å². The first-order chi connectivity index (χ1) is 18.5. The molecule has 2 aromatic heterocycles. The third kappa shape index (κ3) is 5.54. The van der Waals surface area contributed by atoms with Crippen molar-refractivity contribution >= 4 is 78.9 Å². The van der Waals surface area contributed by atoms with Crippen molar-refractivity contribution in [3.63, 3.8) is 0 Å². The highest BCUT2D eigenvalue weighted by Crippen LogP contribution is 2.45. The summed E-state index contributed by atoms with van der Waals surface area (Å²) in [4.78, 5) is 48.1. The number of phenolic OH excluding ortho intramolecular Hbond substituents is 1. The van der Waals surface area contributed by atoms with Crippen LogP contribution in [0, 0.1) is 0 Å². The lowest BCUT2D eigenvalue weighted by atomic mass is 9.95. The predicted molar refractivity (Wildman–Crippen MR) is 153 cm³/mol. The quantitative estimate of drug-likeness (QED) is 0.243. The molecule has 5 rings (SSSR count). The Hall–Kier alpha value is -3.74. The molecule has 0 unspecified atom stereocenters. The van der Waals surface area contributed by atoms with Crippen molar-refractivity contribution in [1.82, 2.24) is 9.97 Å². The molecule has 1 aliphatic heterocycles. The number of halogens is 1. The summed E-state index contributed by atoms with van der Waals surface area (Å²) in [7, 11) is 0. The molecule has 3 heterocycles. The van der Waals surface area contributed by atoms with Crippen LogP contribution in [0.4, 0.5) is 20.7 Å². The van der Waals surface area contributed by atoms with Gasteiger partial charge in [0.25, 0.3) is 11.8 Å². The minimum atomic E-state index is -0.673. The van der Waals surface area contributed by atoms with Gasteiger partial charge < -0.3 is 14.7 Å². The molecule has 202 valence electrons. The van der Waals surface area contributed by atoms with Gasteiger partial charge in [0.1, 0.15) is 22.7 Å². The SMILES string of the molecule is CC(C)(C)OC(=O)Nc1nc(C(=O)Nc2nc(C(=O)N3C[C@@H](CCl)c4c3cc(O)c3ccccc43)cs2)cs1. The van der Waals surface area contributed by atoms with Crippen molar-refractivity contribution in [3.05, 3.63) is 58.0 Å². The van der Waals surface area contributed by atoms with Crippen LogP contribution in [-0.4, -0.2) is 51.0 Å². The molecule has 3 N–H and O–H groups in total. The van der Waals surface area contributed by atoms with Crippen molar-refractivity contribution in [2.75, 3.05) is 28.0 Å². The summed E-state index contributed by atoms with van der Waals surface area (Å²) >= 11 is 8.44. The monoisotopic (exact) mass is 585 g/mol. The van der Waals surface area contributed by atoms with Gasteiger partial charge in [0.15, 0.2) is 10.3 Å². The molecule has 3 amide bonds. The fourth-order valence-corrected chi connectivity index (χ4v) is 5.91. The number of aromatic hydroxyl groups is 1. The van der Waals surface area contributed by atoms with Gasteiger partial charge >= 0.3 is 6.09 Å². The van der Waals surface area contributed by atoms with Crippen LogP contribution in [0.25, 0.3) is 10.8 Å². The number of amides is 3. The molecule has 0 saturated carbocycles. The van der Waals surface area contributed by atoms with E-state index in [1.54, 1.807) is 37.1 Å². The number of carbonyl (C=O) groups excluding carboxylic acids is 3. The van der Waals surface area contributed by atoms with Crippen molar-refractivity contribution in [1.29, 1.82) is 0 Å². The number of thiazole rings is 2. The number of alkyl halides is 1. The number of rotatable bonds is 5. The summed E-state index contributed by atoms with van der Waals surface area (Å²) in [6.07, 6.45) is -0.673. The Balaban J connectivity index is 1.30. The van der Waals surface area contributed by atoms with E-state index in [0.29, 0.717) is 23.5 Å². The van der Waals surface area contributed by atoms with Crippen LogP contribution >= 0.6 is 34.3 Å². The lowest BCUT2D eigenvalue weighted by molar-refractivity contribution is 0.0635. The Kier molecular flexibility index (Phi) is 7.19. The number of benzene rings is 2. The maximum atomic E-state index is 13.5. The second kappa shape index (κ2) is 10.4. The third-order valence-electron chi connectivity index (χ3n) is 5.86. The number of anilines is 3. The van der Waals surface area contributed by atoms with Crippen LogP contribution in [0.1, 0.15) is 53.2 Å². The fraction of sp³-hybridized carbons (Fsp3) is 0.269. The molecule has 0 spiro atoms. The Morgan fingerprint density at radius 3 is 2.41 bits per heavy atom. The Labute approximate surface area is 236 Å². The Bertz CT molecular complexity index is 1600. The average Bonchev–Trinajstić information content (AvgIpc) is 3.61. The number of carbonyl (C=O) groups is 3. The van der Waals surface area contributed by atoms with Gasteiger partial charge in [-0.3, -0.25) is 20.2 Å². The highest BCUT2D eigenvalue weighted by Gasteiger charge is 2.35. The van der Waals surface area contributed by atoms with E-state index in [-0.39, 0.29) is 39.2 Å². The van der Waals surface area contributed by atoms with E-state index in [2.05, 4.69) is 20.6 Å². The zero-order valence-corrected chi connectivity index (χ0v) is 23.5. The number of aromatic nitrogens is 2. The van der Waals surface area contributed by atoms with Gasteiger partial charge in [-0.15, -0.1) is 34.3 Å². The normalized spacial score (nSPS) is 14.8. The second-order valence-electron chi connectivity index (χ2n) is 9.80. The lowest BCUT2D eigenvalue weighted by Crippen LogP contribution is -2.30. The fourth-order valence-electron chi connectivity index (χ4n) is 4.30. The summed E-state index contributed by atoms with van der Waals surface area (Å²) in [5, 5.41) is 20.8. The molecule has 0 bridgehead atoms. The van der Waals surface area contributed by atoms with E-state index < -0.39 is 17.6 Å². The van der Waals surface area contributed by atoms with Gasteiger partial charge in [0.2, 0.25) is 0 Å². The van der Waals surface area contributed by atoms with Crippen molar-refractivity contribution in [2.45, 2.75) is 32.3 Å². The number of fused-ring (bicyclic) bond motifs is 3. The average molecular weight is 586 g/mol. The first kappa shape index (κ1) is 26.9. The minimum Gasteiger partial charge on any atom is -0.507 e. The molecule has 0 aliphatic carbocycles. The topological polar surface area (TPSA) is 134 Å². The lowest BCUT2D eigenvalue weighted by Gasteiger charge is -2.18. The number of hydrogen-bond donors (Lipinski definition) is 3. The van der Waals surface area contributed by atoms with Crippen LogP contribution in [0.3, 0.4) is 0 Å². The third-order valence-corrected chi connectivity index (χ3v) is 7.75. The van der Waals surface area contributed by atoms with Crippen LogP contribution in [-0.2, 0) is 4.74 Å². The van der Waals surface area contributed by atoms with E-state index in [0.717, 1.165) is 33.6 Å². The van der Waals surface area contributed by atoms with E-state index in [4.69, 9.17) is 16.3 Å². The van der Waals surface area contributed by atoms with E-state index >= 15 is 0 Å². The number of ether oxygens (including phenoxy) is 1. The van der Waals surface area contributed by atoms with Gasteiger partial charge in [-0.2, -0.15) is 0 Å². The molecule has 13 heteroatoms. The zero-order chi connectivity index (χ0) is 27.9. The largest absolute Gasteiger partial charge is 0.507 e. The van der Waals surface area contributed by atoms with Crippen molar-refractivity contribution < 1.29 is 24.2 Å². The summed E-state index contributed by atoms with van der Waals surface area (Å²) < 4.78 is 5.19. The summed E-state index contributed by atoms with van der Waals surface area (Å²) in [6.45, 7) is 5.57. The Morgan fingerprint density at radius 1 is 1.08 bits per heavy atom.